The highest BCUT2D eigenvalue weighted by molar-refractivity contribution is 7.09. The van der Waals surface area contributed by atoms with E-state index >= 15 is 0 Å². The average Bonchev–Trinajstić information content (AvgIpc) is 3.25. The number of benzene rings is 1. The Morgan fingerprint density at radius 2 is 1.58 bits per heavy atom. The second-order valence-electron chi connectivity index (χ2n) is 9.63. The van der Waals surface area contributed by atoms with Gasteiger partial charge in [-0.1, -0.05) is 39.0 Å². The fourth-order valence-electron chi connectivity index (χ4n) is 4.17. The summed E-state index contributed by atoms with van der Waals surface area (Å²) in [7, 11) is 0. The SMILES string of the molecule is CC(C)(C)c1csc(CN2CCN(CC(=O)N3CCN(c4ccccc4)CC3)CC2)n1. The number of aromatic nitrogens is 1. The molecule has 4 rings (SSSR count). The average molecular weight is 442 g/mol. The van der Waals surface area contributed by atoms with Crippen LogP contribution in [0.1, 0.15) is 31.5 Å². The van der Waals surface area contributed by atoms with Crippen LogP contribution < -0.4 is 4.90 Å². The van der Waals surface area contributed by atoms with Crippen molar-refractivity contribution in [1.82, 2.24) is 19.7 Å². The molecule has 2 saturated heterocycles. The standard InChI is InChI=1S/C24H35N5OS/c1-24(2,3)21-19-31-22(25-21)17-26-9-11-27(12-10-26)18-23(30)29-15-13-28(14-16-29)20-7-5-4-6-8-20/h4-8,19H,9-18H2,1-3H3. The van der Waals surface area contributed by atoms with Crippen molar-refractivity contribution in [2.24, 2.45) is 0 Å². The Hall–Kier alpha value is -1.96. The lowest BCUT2D eigenvalue weighted by Crippen LogP contribution is -2.53. The first-order chi connectivity index (χ1) is 14.9. The summed E-state index contributed by atoms with van der Waals surface area (Å²) in [5.41, 5.74) is 2.55. The molecule has 2 aliphatic rings. The van der Waals surface area contributed by atoms with Crippen LogP contribution in [-0.2, 0) is 16.8 Å². The normalized spacial score (nSPS) is 19.1. The zero-order chi connectivity index (χ0) is 21.8. The van der Waals surface area contributed by atoms with Crippen molar-refractivity contribution in [3.8, 4) is 0 Å². The minimum absolute atomic E-state index is 0.111. The van der Waals surface area contributed by atoms with Crippen molar-refractivity contribution in [3.63, 3.8) is 0 Å². The van der Waals surface area contributed by atoms with Crippen molar-refractivity contribution in [2.45, 2.75) is 32.7 Å². The van der Waals surface area contributed by atoms with E-state index in [4.69, 9.17) is 4.98 Å². The van der Waals surface area contributed by atoms with E-state index in [0.29, 0.717) is 6.54 Å². The number of para-hydroxylation sites is 1. The molecule has 0 N–H and O–H groups in total. The van der Waals surface area contributed by atoms with Crippen molar-refractivity contribution < 1.29 is 4.79 Å². The lowest BCUT2D eigenvalue weighted by molar-refractivity contribution is -0.133. The van der Waals surface area contributed by atoms with Crippen LogP contribution in [-0.4, -0.2) is 84.5 Å². The monoisotopic (exact) mass is 441 g/mol. The molecule has 2 aliphatic heterocycles. The number of carbonyl (C=O) groups is 1. The quantitative estimate of drug-likeness (QED) is 0.714. The summed E-state index contributed by atoms with van der Waals surface area (Å²) in [6, 6.07) is 10.5. The molecule has 6 nitrogen and oxygen atoms in total. The fourth-order valence-corrected chi connectivity index (χ4v) is 5.23. The Morgan fingerprint density at radius 1 is 0.935 bits per heavy atom. The van der Waals surface area contributed by atoms with Crippen LogP contribution in [0.3, 0.4) is 0 Å². The van der Waals surface area contributed by atoms with Gasteiger partial charge in [0.15, 0.2) is 0 Å². The van der Waals surface area contributed by atoms with E-state index in [0.717, 1.165) is 58.9 Å². The fraction of sp³-hybridized carbons (Fsp3) is 0.583. The van der Waals surface area contributed by atoms with Gasteiger partial charge in [0.1, 0.15) is 5.01 Å². The number of thiazole rings is 1. The Kier molecular flexibility index (Phi) is 6.94. The first-order valence-electron chi connectivity index (χ1n) is 11.4. The third-order valence-corrected chi connectivity index (χ3v) is 7.09. The molecule has 0 atom stereocenters. The molecule has 2 aromatic rings. The molecule has 0 spiro atoms. The predicted octanol–water partition coefficient (Wildman–Crippen LogP) is 2.91. The van der Waals surface area contributed by atoms with Crippen LogP contribution in [0.25, 0.3) is 0 Å². The summed E-state index contributed by atoms with van der Waals surface area (Å²) in [5.74, 6) is 0.274. The van der Waals surface area contributed by atoms with Gasteiger partial charge in [-0.25, -0.2) is 4.98 Å². The summed E-state index contributed by atoms with van der Waals surface area (Å²) in [6.07, 6.45) is 0. The molecule has 31 heavy (non-hydrogen) atoms. The van der Waals surface area contributed by atoms with E-state index in [-0.39, 0.29) is 11.3 Å². The molecule has 0 bridgehead atoms. The number of carbonyl (C=O) groups excluding carboxylic acids is 1. The smallest absolute Gasteiger partial charge is 0.236 e. The highest BCUT2D eigenvalue weighted by atomic mass is 32.1. The highest BCUT2D eigenvalue weighted by Crippen LogP contribution is 2.24. The van der Waals surface area contributed by atoms with Gasteiger partial charge in [-0.2, -0.15) is 0 Å². The van der Waals surface area contributed by atoms with Crippen LogP contribution in [0.2, 0.25) is 0 Å². The molecule has 7 heteroatoms. The van der Waals surface area contributed by atoms with Crippen LogP contribution in [0.4, 0.5) is 5.69 Å². The molecule has 0 aliphatic carbocycles. The lowest BCUT2D eigenvalue weighted by Gasteiger charge is -2.38. The number of hydrogen-bond acceptors (Lipinski definition) is 6. The second-order valence-corrected chi connectivity index (χ2v) is 10.6. The summed E-state index contributed by atoms with van der Waals surface area (Å²) < 4.78 is 0. The van der Waals surface area contributed by atoms with Gasteiger partial charge in [0.2, 0.25) is 5.91 Å². The molecule has 2 fully saturated rings. The van der Waals surface area contributed by atoms with Crippen molar-refractivity contribution in [2.75, 3.05) is 63.8 Å². The van der Waals surface area contributed by atoms with Gasteiger partial charge in [-0.05, 0) is 12.1 Å². The van der Waals surface area contributed by atoms with Gasteiger partial charge in [0, 0.05) is 68.8 Å². The molecular formula is C24H35N5OS. The molecule has 168 valence electrons. The minimum Gasteiger partial charge on any atom is -0.368 e. The number of hydrogen-bond donors (Lipinski definition) is 0. The molecular weight excluding hydrogens is 406 g/mol. The van der Waals surface area contributed by atoms with Crippen LogP contribution in [0.5, 0.6) is 0 Å². The maximum absolute atomic E-state index is 12.8. The van der Waals surface area contributed by atoms with Crippen LogP contribution in [0.15, 0.2) is 35.7 Å². The molecule has 3 heterocycles. The number of rotatable bonds is 5. The summed E-state index contributed by atoms with van der Waals surface area (Å²) >= 11 is 1.77. The minimum atomic E-state index is 0.111. The lowest BCUT2D eigenvalue weighted by atomic mass is 9.93. The molecule has 0 unspecified atom stereocenters. The van der Waals surface area contributed by atoms with Gasteiger partial charge >= 0.3 is 0 Å². The Morgan fingerprint density at radius 3 is 2.19 bits per heavy atom. The summed E-state index contributed by atoms with van der Waals surface area (Å²) in [6.45, 7) is 15.5. The van der Waals surface area contributed by atoms with Gasteiger partial charge in [0.05, 0.1) is 18.8 Å². The number of nitrogens with zero attached hydrogens (tertiary/aromatic N) is 5. The van der Waals surface area contributed by atoms with E-state index in [1.165, 1.54) is 16.4 Å². The van der Waals surface area contributed by atoms with E-state index in [1.54, 1.807) is 11.3 Å². The van der Waals surface area contributed by atoms with Crippen molar-refractivity contribution in [1.29, 1.82) is 0 Å². The van der Waals surface area contributed by atoms with Crippen LogP contribution >= 0.6 is 11.3 Å². The zero-order valence-corrected chi connectivity index (χ0v) is 19.9. The maximum Gasteiger partial charge on any atom is 0.236 e. The van der Waals surface area contributed by atoms with Gasteiger partial charge < -0.3 is 9.80 Å². The third-order valence-electron chi connectivity index (χ3n) is 6.26. The molecule has 0 saturated carbocycles. The second kappa shape index (κ2) is 9.67. The van der Waals surface area contributed by atoms with Gasteiger partial charge in [-0.3, -0.25) is 14.6 Å². The Bertz CT molecular complexity index is 846. The van der Waals surface area contributed by atoms with E-state index in [2.05, 4.69) is 65.1 Å². The Balaban J connectivity index is 1.19. The van der Waals surface area contributed by atoms with E-state index in [1.807, 2.05) is 11.0 Å². The number of anilines is 1. The molecule has 1 aromatic heterocycles. The van der Waals surface area contributed by atoms with Crippen LogP contribution in [0, 0.1) is 0 Å². The first kappa shape index (κ1) is 22.2. The highest BCUT2D eigenvalue weighted by Gasteiger charge is 2.25. The van der Waals surface area contributed by atoms with Gasteiger partial charge in [0.25, 0.3) is 0 Å². The van der Waals surface area contributed by atoms with Crippen molar-refractivity contribution in [3.05, 3.63) is 46.4 Å². The van der Waals surface area contributed by atoms with E-state index in [9.17, 15) is 4.79 Å². The molecule has 1 amide bonds. The molecule has 0 radical (unpaired) electrons. The topological polar surface area (TPSA) is 42.9 Å². The maximum atomic E-state index is 12.8. The third kappa shape index (κ3) is 5.84. The van der Waals surface area contributed by atoms with Crippen molar-refractivity contribution >= 4 is 22.9 Å². The largest absolute Gasteiger partial charge is 0.368 e. The number of amides is 1. The first-order valence-corrected chi connectivity index (χ1v) is 12.2. The molecule has 1 aromatic carbocycles. The van der Waals surface area contributed by atoms with Gasteiger partial charge in [-0.15, -0.1) is 11.3 Å². The number of piperazine rings is 2. The summed E-state index contributed by atoms with van der Waals surface area (Å²) in [5, 5.41) is 3.40. The Labute approximate surface area is 190 Å². The zero-order valence-electron chi connectivity index (χ0n) is 19.1. The summed E-state index contributed by atoms with van der Waals surface area (Å²) in [4.78, 5) is 26.8. The predicted molar refractivity (Wildman–Crippen MR) is 128 cm³/mol. The van der Waals surface area contributed by atoms with E-state index < -0.39 is 0 Å².